The lowest BCUT2D eigenvalue weighted by atomic mass is 10.0. The number of halogens is 1. The number of amides is 2. The first kappa shape index (κ1) is 14.0. The molecular formula is C15H18FN3O2. The van der Waals surface area contributed by atoms with Crippen LogP contribution < -0.4 is 16.0 Å². The summed E-state index contributed by atoms with van der Waals surface area (Å²) in [5, 5.41) is 8.51. The Morgan fingerprint density at radius 1 is 1.38 bits per heavy atom. The van der Waals surface area contributed by atoms with Crippen LogP contribution in [0.15, 0.2) is 12.1 Å². The number of hydrogen-bond acceptors (Lipinski definition) is 3. The second-order valence-corrected chi connectivity index (χ2v) is 5.65. The lowest BCUT2D eigenvalue weighted by Gasteiger charge is -2.18. The van der Waals surface area contributed by atoms with Crippen LogP contribution in [0.4, 0.5) is 15.8 Å². The normalized spacial score (nSPS) is 20.8. The second-order valence-electron chi connectivity index (χ2n) is 5.65. The van der Waals surface area contributed by atoms with Gasteiger partial charge in [-0.3, -0.25) is 9.59 Å². The van der Waals surface area contributed by atoms with Crippen LogP contribution in [0.3, 0.4) is 0 Å². The summed E-state index contributed by atoms with van der Waals surface area (Å²) in [6, 6.07) is 2.90. The van der Waals surface area contributed by atoms with Gasteiger partial charge in [-0.25, -0.2) is 4.39 Å². The highest BCUT2D eigenvalue weighted by Gasteiger charge is 2.21. The average Bonchev–Trinajstić information content (AvgIpc) is 2.93. The fourth-order valence-corrected chi connectivity index (χ4v) is 2.85. The lowest BCUT2D eigenvalue weighted by Crippen LogP contribution is -2.21. The third-order valence-corrected chi connectivity index (χ3v) is 4.00. The maximum Gasteiger partial charge on any atom is 0.224 e. The molecule has 21 heavy (non-hydrogen) atoms. The van der Waals surface area contributed by atoms with Crippen molar-refractivity contribution >= 4 is 23.2 Å². The largest absolute Gasteiger partial charge is 0.326 e. The summed E-state index contributed by atoms with van der Waals surface area (Å²) in [6.45, 7) is 1.76. The van der Waals surface area contributed by atoms with Crippen molar-refractivity contribution in [3.05, 3.63) is 23.5 Å². The monoisotopic (exact) mass is 291 g/mol. The molecule has 1 saturated heterocycles. The van der Waals surface area contributed by atoms with Crippen molar-refractivity contribution in [2.24, 2.45) is 5.92 Å². The smallest absolute Gasteiger partial charge is 0.224 e. The van der Waals surface area contributed by atoms with Gasteiger partial charge in [0.25, 0.3) is 0 Å². The van der Waals surface area contributed by atoms with Crippen LogP contribution in [0.2, 0.25) is 0 Å². The first-order chi connectivity index (χ1) is 10.1. The molecular weight excluding hydrogens is 273 g/mol. The molecule has 0 saturated carbocycles. The van der Waals surface area contributed by atoms with Gasteiger partial charge < -0.3 is 16.0 Å². The number of anilines is 2. The molecule has 0 aliphatic carbocycles. The molecule has 0 spiro atoms. The Balaban J connectivity index is 1.71. The third kappa shape index (κ3) is 3.21. The van der Waals surface area contributed by atoms with Crippen LogP contribution in [0.1, 0.15) is 24.8 Å². The van der Waals surface area contributed by atoms with Gasteiger partial charge >= 0.3 is 0 Å². The van der Waals surface area contributed by atoms with Crippen molar-refractivity contribution in [1.29, 1.82) is 0 Å². The molecule has 1 aromatic carbocycles. The van der Waals surface area contributed by atoms with Gasteiger partial charge in [0.05, 0.1) is 5.69 Å². The van der Waals surface area contributed by atoms with Crippen molar-refractivity contribution in [3.63, 3.8) is 0 Å². The van der Waals surface area contributed by atoms with Gasteiger partial charge in [0.15, 0.2) is 0 Å². The Hall–Kier alpha value is -1.95. The number of benzene rings is 1. The number of carbonyl (C=O) groups is 2. The summed E-state index contributed by atoms with van der Waals surface area (Å²) in [7, 11) is 0. The Morgan fingerprint density at radius 3 is 3.00 bits per heavy atom. The minimum absolute atomic E-state index is 0.0802. The molecule has 1 aromatic rings. The maximum absolute atomic E-state index is 14.0. The first-order valence-corrected chi connectivity index (χ1v) is 7.24. The van der Waals surface area contributed by atoms with Gasteiger partial charge in [0.2, 0.25) is 11.8 Å². The molecule has 112 valence electrons. The molecule has 1 fully saturated rings. The molecule has 0 bridgehead atoms. The third-order valence-electron chi connectivity index (χ3n) is 4.00. The molecule has 1 unspecified atom stereocenters. The highest BCUT2D eigenvalue weighted by Crippen LogP contribution is 2.29. The van der Waals surface area contributed by atoms with E-state index in [1.807, 2.05) is 0 Å². The van der Waals surface area contributed by atoms with Gasteiger partial charge in [-0.1, -0.05) is 0 Å². The number of fused-ring (bicyclic) bond motifs is 1. The summed E-state index contributed by atoms with van der Waals surface area (Å²) < 4.78 is 14.0. The second kappa shape index (κ2) is 5.81. The Kier molecular flexibility index (Phi) is 3.88. The van der Waals surface area contributed by atoms with E-state index in [1.54, 1.807) is 0 Å². The number of aryl methyl sites for hydroxylation is 1. The van der Waals surface area contributed by atoms with E-state index < -0.39 is 5.82 Å². The average molecular weight is 291 g/mol. The predicted octanol–water partition coefficient (Wildman–Crippen LogP) is 1.65. The quantitative estimate of drug-likeness (QED) is 0.793. The summed E-state index contributed by atoms with van der Waals surface area (Å²) in [5.74, 6) is -0.415. The molecule has 3 N–H and O–H groups in total. The zero-order valence-corrected chi connectivity index (χ0v) is 11.7. The lowest BCUT2D eigenvalue weighted by molar-refractivity contribution is -0.117. The zero-order chi connectivity index (χ0) is 14.8. The van der Waals surface area contributed by atoms with Crippen LogP contribution in [-0.2, 0) is 16.0 Å². The van der Waals surface area contributed by atoms with Gasteiger partial charge in [-0.2, -0.15) is 0 Å². The summed E-state index contributed by atoms with van der Waals surface area (Å²) >= 11 is 0. The van der Waals surface area contributed by atoms with Crippen molar-refractivity contribution in [2.45, 2.75) is 25.7 Å². The van der Waals surface area contributed by atoms with E-state index in [9.17, 15) is 14.0 Å². The van der Waals surface area contributed by atoms with Crippen LogP contribution in [0.5, 0.6) is 0 Å². The number of nitrogens with one attached hydrogen (secondary N) is 3. The molecule has 2 heterocycles. The Bertz CT molecular complexity index is 583. The van der Waals surface area contributed by atoms with E-state index in [1.165, 1.54) is 12.1 Å². The van der Waals surface area contributed by atoms with Crippen molar-refractivity contribution in [1.82, 2.24) is 5.32 Å². The molecule has 0 radical (unpaired) electrons. The highest BCUT2D eigenvalue weighted by molar-refractivity contribution is 5.96. The van der Waals surface area contributed by atoms with E-state index in [4.69, 9.17) is 0 Å². The standard InChI is InChI=1S/C15H18FN3O2/c16-11-6-10-1-2-14(20)18-12(10)7-13(11)19-15(21)5-9-3-4-17-8-9/h6-7,9,17H,1-5,8H2,(H,18,20)(H,19,21). The van der Waals surface area contributed by atoms with Crippen LogP contribution >= 0.6 is 0 Å². The van der Waals surface area contributed by atoms with Gasteiger partial charge in [-0.05, 0) is 49.5 Å². The van der Waals surface area contributed by atoms with Crippen molar-refractivity contribution in [3.8, 4) is 0 Å². The molecule has 1 atom stereocenters. The summed E-state index contributed by atoms with van der Waals surface area (Å²) in [6.07, 6.45) is 2.25. The summed E-state index contributed by atoms with van der Waals surface area (Å²) in [5.41, 5.74) is 1.49. The molecule has 5 nitrogen and oxygen atoms in total. The zero-order valence-electron chi connectivity index (χ0n) is 11.7. The molecule has 2 aliphatic rings. The minimum atomic E-state index is -0.456. The predicted molar refractivity (Wildman–Crippen MR) is 77.6 cm³/mol. The fraction of sp³-hybridized carbons (Fsp3) is 0.467. The molecule has 2 amide bonds. The van der Waals surface area contributed by atoms with E-state index in [2.05, 4.69) is 16.0 Å². The molecule has 0 aromatic heterocycles. The highest BCUT2D eigenvalue weighted by atomic mass is 19.1. The van der Waals surface area contributed by atoms with Crippen molar-refractivity contribution < 1.29 is 14.0 Å². The Morgan fingerprint density at radius 2 is 2.24 bits per heavy atom. The molecule has 6 heteroatoms. The Labute approximate surface area is 122 Å². The van der Waals surface area contributed by atoms with Crippen molar-refractivity contribution in [2.75, 3.05) is 23.7 Å². The fourth-order valence-electron chi connectivity index (χ4n) is 2.85. The van der Waals surface area contributed by atoms with E-state index >= 15 is 0 Å². The molecule has 2 aliphatic heterocycles. The van der Waals surface area contributed by atoms with E-state index in [0.29, 0.717) is 30.9 Å². The maximum atomic E-state index is 14.0. The SMILES string of the molecule is O=C(CC1CCNC1)Nc1cc2c(cc1F)CCC(=O)N2. The number of carbonyl (C=O) groups excluding carboxylic acids is 2. The summed E-state index contributed by atoms with van der Waals surface area (Å²) in [4.78, 5) is 23.3. The number of hydrogen-bond donors (Lipinski definition) is 3. The van der Waals surface area contributed by atoms with Crippen LogP contribution in [-0.4, -0.2) is 24.9 Å². The van der Waals surface area contributed by atoms with Crippen LogP contribution in [0, 0.1) is 11.7 Å². The number of rotatable bonds is 3. The van der Waals surface area contributed by atoms with E-state index in [0.717, 1.165) is 25.1 Å². The van der Waals surface area contributed by atoms with E-state index in [-0.39, 0.29) is 17.5 Å². The topological polar surface area (TPSA) is 70.2 Å². The van der Waals surface area contributed by atoms with Gasteiger partial charge in [0, 0.05) is 18.5 Å². The first-order valence-electron chi connectivity index (χ1n) is 7.24. The minimum Gasteiger partial charge on any atom is -0.326 e. The molecule has 3 rings (SSSR count). The van der Waals surface area contributed by atoms with Gasteiger partial charge in [-0.15, -0.1) is 0 Å². The van der Waals surface area contributed by atoms with Gasteiger partial charge in [0.1, 0.15) is 5.82 Å². The van der Waals surface area contributed by atoms with Crippen LogP contribution in [0.25, 0.3) is 0 Å².